The molecule has 0 spiro atoms. The minimum absolute atomic E-state index is 0.0827. The molecule has 2 atom stereocenters. The number of aryl methyl sites for hydroxylation is 3. The van der Waals surface area contributed by atoms with E-state index in [0.29, 0.717) is 69.1 Å². The number of aromatic amines is 1. The highest BCUT2D eigenvalue weighted by atomic mass is 32.2. The fourth-order valence-corrected chi connectivity index (χ4v) is 8.40. The van der Waals surface area contributed by atoms with Gasteiger partial charge in [0, 0.05) is 57.0 Å². The van der Waals surface area contributed by atoms with Crippen LogP contribution in [0.4, 0.5) is 4.39 Å². The zero-order valence-corrected chi connectivity index (χ0v) is 32.2. The Bertz CT molecular complexity index is 2810. The third-order valence-electron chi connectivity index (χ3n) is 10.3. The molecule has 0 saturated carbocycles. The van der Waals surface area contributed by atoms with Crippen molar-refractivity contribution in [3.63, 3.8) is 0 Å². The van der Waals surface area contributed by atoms with E-state index in [0.717, 1.165) is 48.1 Å². The maximum atomic E-state index is 14.0. The van der Waals surface area contributed by atoms with Gasteiger partial charge in [-0.1, -0.05) is 35.9 Å². The number of halogens is 1. The summed E-state index contributed by atoms with van der Waals surface area (Å²) in [5, 5.41) is 0.937. The summed E-state index contributed by atoms with van der Waals surface area (Å²) in [7, 11) is -4.32. The summed E-state index contributed by atoms with van der Waals surface area (Å²) in [4.78, 5) is 14.0. The predicted octanol–water partition coefficient (Wildman–Crippen LogP) is 7.76. The lowest BCUT2D eigenvalue weighted by Gasteiger charge is -2.32. The molecule has 0 radical (unpaired) electrons. The van der Waals surface area contributed by atoms with E-state index in [1.807, 2.05) is 38.2 Å². The van der Waals surface area contributed by atoms with Crippen LogP contribution in [-0.4, -0.2) is 77.9 Å². The summed E-state index contributed by atoms with van der Waals surface area (Å²) >= 11 is 0. The molecule has 0 fully saturated rings. The molecule has 3 aliphatic heterocycles. The number of nitrogens with one attached hydrogen (secondary N) is 1. The van der Waals surface area contributed by atoms with E-state index in [1.165, 1.54) is 17.7 Å². The lowest BCUT2D eigenvalue weighted by Crippen LogP contribution is -2.42. The minimum atomic E-state index is -4.32. The fourth-order valence-electron chi connectivity index (χ4n) is 7.69. The summed E-state index contributed by atoms with van der Waals surface area (Å²) < 4.78 is 82.1. The molecule has 0 bridgehead atoms. The number of ether oxygens (including phenoxy) is 4. The number of rotatable bonds is 6. The van der Waals surface area contributed by atoms with Crippen molar-refractivity contribution in [2.45, 2.75) is 50.7 Å². The van der Waals surface area contributed by atoms with Gasteiger partial charge in [0.05, 0.1) is 10.4 Å². The van der Waals surface area contributed by atoms with Gasteiger partial charge in [-0.05, 0) is 60.9 Å². The Morgan fingerprint density at radius 2 is 1.54 bits per heavy atom. The van der Waals surface area contributed by atoms with Gasteiger partial charge in [0.25, 0.3) is 10.1 Å². The van der Waals surface area contributed by atoms with Crippen LogP contribution in [0.25, 0.3) is 38.7 Å². The summed E-state index contributed by atoms with van der Waals surface area (Å²) in [6.07, 6.45) is 4.79. The largest absolute Gasteiger partial charge is 0.486 e. The van der Waals surface area contributed by atoms with Crippen LogP contribution in [0.5, 0.6) is 23.0 Å². The summed E-state index contributed by atoms with van der Waals surface area (Å²) in [6.45, 7) is 8.67. The van der Waals surface area contributed by atoms with Crippen LogP contribution in [0.15, 0.2) is 86.7 Å². The second-order valence-corrected chi connectivity index (χ2v) is 15.8. The van der Waals surface area contributed by atoms with Crippen LogP contribution < -0.4 is 18.9 Å². The van der Waals surface area contributed by atoms with Crippen molar-refractivity contribution in [3.8, 4) is 23.0 Å². The van der Waals surface area contributed by atoms with Crippen molar-refractivity contribution in [2.24, 2.45) is 0 Å². The lowest BCUT2D eigenvalue weighted by atomic mass is 9.98. The number of H-pyrrole nitrogens is 1. The molecule has 3 aromatic heterocycles. The first kappa shape index (κ1) is 36.7. The van der Waals surface area contributed by atoms with E-state index in [-0.39, 0.29) is 29.8 Å². The molecular formula is C42H39FN4O9S. The third-order valence-corrected chi connectivity index (χ3v) is 11.2. The maximum absolute atomic E-state index is 14.0. The molecule has 3 aliphatic rings. The van der Waals surface area contributed by atoms with E-state index in [4.69, 9.17) is 27.8 Å². The molecule has 7 aromatic rings. The molecule has 1 unspecified atom stereocenters. The van der Waals surface area contributed by atoms with Gasteiger partial charge in [-0.3, -0.25) is 9.45 Å². The van der Waals surface area contributed by atoms with Crippen LogP contribution in [0, 0.1) is 26.6 Å². The third kappa shape index (κ3) is 7.29. The molecule has 0 saturated heterocycles. The van der Waals surface area contributed by atoms with Gasteiger partial charge >= 0.3 is 0 Å². The van der Waals surface area contributed by atoms with Gasteiger partial charge in [-0.25, -0.2) is 14.4 Å². The summed E-state index contributed by atoms with van der Waals surface area (Å²) in [5.41, 5.74) is 6.86. The average Bonchev–Trinajstić information content (AvgIpc) is 3.91. The van der Waals surface area contributed by atoms with Gasteiger partial charge in [0.2, 0.25) is 22.7 Å². The number of fused-ring (bicyclic) bond motifs is 7. The van der Waals surface area contributed by atoms with Gasteiger partial charge in [-0.2, -0.15) is 8.42 Å². The molecule has 57 heavy (non-hydrogen) atoms. The Morgan fingerprint density at radius 1 is 0.877 bits per heavy atom. The molecule has 4 aromatic carbocycles. The molecule has 15 heteroatoms. The first-order valence-corrected chi connectivity index (χ1v) is 20.0. The quantitative estimate of drug-likeness (QED) is 0.158. The molecular weight excluding hydrogens is 756 g/mol. The van der Waals surface area contributed by atoms with Crippen molar-refractivity contribution < 1.29 is 45.1 Å². The molecule has 13 nitrogen and oxygen atoms in total. The second kappa shape index (κ2) is 14.6. The van der Waals surface area contributed by atoms with Crippen molar-refractivity contribution in [1.82, 2.24) is 19.9 Å². The zero-order chi connectivity index (χ0) is 39.4. The lowest BCUT2D eigenvalue weighted by molar-refractivity contribution is 0.0621. The topological polar surface area (TPSA) is 162 Å². The van der Waals surface area contributed by atoms with E-state index < -0.39 is 16.2 Å². The number of nitrogens with zero attached hydrogens (tertiary/aromatic N) is 3. The van der Waals surface area contributed by atoms with Crippen molar-refractivity contribution in [1.29, 1.82) is 0 Å². The number of para-hydroxylation sites is 1. The van der Waals surface area contributed by atoms with Crippen molar-refractivity contribution in [2.75, 3.05) is 32.8 Å². The van der Waals surface area contributed by atoms with Crippen LogP contribution in [-0.2, 0) is 16.5 Å². The monoisotopic (exact) mass is 794 g/mol. The molecule has 0 amide bonds. The molecule has 2 N–H and O–H groups in total. The maximum Gasteiger partial charge on any atom is 0.294 e. The Morgan fingerprint density at radius 3 is 2.19 bits per heavy atom. The van der Waals surface area contributed by atoms with Gasteiger partial charge in [0.15, 0.2) is 23.3 Å². The molecule has 0 aliphatic carbocycles. The number of benzene rings is 4. The van der Waals surface area contributed by atoms with E-state index >= 15 is 0 Å². The Kier molecular flexibility index (Phi) is 9.38. The summed E-state index contributed by atoms with van der Waals surface area (Å²) in [6, 6.07) is 17.3. The van der Waals surface area contributed by atoms with Crippen molar-refractivity contribution in [3.05, 3.63) is 107 Å². The van der Waals surface area contributed by atoms with E-state index in [1.54, 1.807) is 37.3 Å². The fraction of sp³-hybridized carbons (Fsp3) is 0.286. The molecule has 6 heterocycles. The summed E-state index contributed by atoms with van der Waals surface area (Å²) in [5.74, 6) is 3.28. The number of hydrogen-bond acceptors (Lipinski definition) is 11. The zero-order valence-electron chi connectivity index (χ0n) is 31.4. The smallest absolute Gasteiger partial charge is 0.294 e. The van der Waals surface area contributed by atoms with Crippen LogP contribution >= 0.6 is 0 Å². The number of aromatic nitrogens is 3. The molecule has 294 valence electrons. The Labute approximate surface area is 326 Å². The highest BCUT2D eigenvalue weighted by Crippen LogP contribution is 2.41. The van der Waals surface area contributed by atoms with Gasteiger partial charge in [0.1, 0.15) is 42.3 Å². The number of oxazole rings is 2. The highest BCUT2D eigenvalue weighted by molar-refractivity contribution is 7.85. The first-order chi connectivity index (χ1) is 27.5. The normalized spacial score (nSPS) is 18.1. The Hall–Kier alpha value is -5.90. The standard InChI is InChI=1S/C24H22FN3O3.C18H17NO6S/c1-14-27-20-5-6-21-24(23(20)30-14)31-16(13-29-21)12-28-9-7-15(8-10-28)18-11-26-22-17(18)3-2-4-19(22)25;1-10-3-6-16(26(20,21)22)12(7-10)8-13-9-23-15-5-4-14-17(18(15)25-13)24-11(2)19-14/h2-7,11,16,26H,8-10,12-13H2,1H3;3-7,13H,8-9H2,1-2H3,(H,20,21,22)/t;13-/m.1/s1. The second-order valence-electron chi connectivity index (χ2n) is 14.4. The first-order valence-electron chi connectivity index (χ1n) is 18.6. The van der Waals surface area contributed by atoms with E-state index in [9.17, 15) is 17.4 Å². The minimum Gasteiger partial charge on any atom is -0.486 e. The van der Waals surface area contributed by atoms with Crippen LogP contribution in [0.1, 0.15) is 34.9 Å². The SMILES string of the molecule is Cc1ccc(S(=O)(=O)O)c(C[C@@H]2COc3ccc4nc(C)oc4c3O2)c1.Cc1nc2ccc3c(c2o1)OC(CN1CC=C(c2c[nH]c4c(F)cccc24)CC1)CO3. The van der Waals surface area contributed by atoms with Crippen LogP contribution in [0.3, 0.4) is 0 Å². The van der Waals surface area contributed by atoms with Crippen LogP contribution in [0.2, 0.25) is 0 Å². The van der Waals surface area contributed by atoms with Gasteiger partial charge in [-0.15, -0.1) is 0 Å². The number of hydrogen-bond donors (Lipinski definition) is 2. The van der Waals surface area contributed by atoms with Gasteiger partial charge < -0.3 is 32.8 Å². The van der Waals surface area contributed by atoms with Crippen molar-refractivity contribution >= 4 is 48.8 Å². The predicted molar refractivity (Wildman–Crippen MR) is 209 cm³/mol. The average molecular weight is 795 g/mol. The highest BCUT2D eigenvalue weighted by Gasteiger charge is 2.30. The Balaban J connectivity index is 0.000000151. The van der Waals surface area contributed by atoms with E-state index in [2.05, 4.69) is 25.9 Å². The molecule has 10 rings (SSSR count).